The van der Waals surface area contributed by atoms with Crippen LogP contribution in [0.1, 0.15) is 34.3 Å². The fourth-order valence-electron chi connectivity index (χ4n) is 3.83. The average molecular weight is 412 g/mol. The van der Waals surface area contributed by atoms with Gasteiger partial charge in [0.25, 0.3) is 5.91 Å². The number of sulfonamides is 1. The predicted octanol–water partition coefficient (Wildman–Crippen LogP) is 3.38. The van der Waals surface area contributed by atoms with E-state index in [0.717, 1.165) is 34.9 Å². The summed E-state index contributed by atoms with van der Waals surface area (Å²) in [5.41, 5.74) is 4.18. The molecule has 0 aliphatic carbocycles. The highest BCUT2D eigenvalue weighted by atomic mass is 32.2. The lowest BCUT2D eigenvalue weighted by atomic mass is 10.1. The Labute approximate surface area is 171 Å². The van der Waals surface area contributed by atoms with E-state index in [1.54, 1.807) is 12.1 Å². The van der Waals surface area contributed by atoms with E-state index < -0.39 is 10.0 Å². The Bertz CT molecular complexity index is 1150. The number of carbonyl (C=O) groups is 1. The van der Waals surface area contributed by atoms with Crippen molar-refractivity contribution in [1.29, 1.82) is 0 Å². The van der Waals surface area contributed by atoms with E-state index in [0.29, 0.717) is 30.8 Å². The Morgan fingerprint density at radius 3 is 2.83 bits per heavy atom. The number of aromatic amines is 1. The van der Waals surface area contributed by atoms with Gasteiger partial charge in [-0.2, -0.15) is 0 Å². The molecule has 1 fully saturated rings. The molecule has 29 heavy (non-hydrogen) atoms. The van der Waals surface area contributed by atoms with Crippen molar-refractivity contribution in [3.8, 4) is 0 Å². The fourth-order valence-corrected chi connectivity index (χ4v) is 5.52. The zero-order chi connectivity index (χ0) is 20.4. The fraction of sp³-hybridized carbons (Fsp3) is 0.318. The molecule has 2 aromatic carbocycles. The lowest BCUT2D eigenvalue weighted by Crippen LogP contribution is -2.38. The van der Waals surface area contributed by atoms with Crippen molar-refractivity contribution in [2.45, 2.75) is 26.2 Å². The van der Waals surface area contributed by atoms with E-state index in [1.165, 1.54) is 4.31 Å². The minimum Gasteiger partial charge on any atom is -0.361 e. The summed E-state index contributed by atoms with van der Waals surface area (Å²) >= 11 is 0. The van der Waals surface area contributed by atoms with Crippen LogP contribution in [0, 0.1) is 6.92 Å². The van der Waals surface area contributed by atoms with E-state index in [-0.39, 0.29) is 11.7 Å². The van der Waals surface area contributed by atoms with Crippen LogP contribution in [-0.2, 0) is 16.4 Å². The Morgan fingerprint density at radius 1 is 1.17 bits per heavy atom. The lowest BCUT2D eigenvalue weighted by molar-refractivity contribution is 0.0954. The summed E-state index contributed by atoms with van der Waals surface area (Å²) in [5, 5.41) is 4.11. The maximum Gasteiger partial charge on any atom is 0.251 e. The highest BCUT2D eigenvalue weighted by molar-refractivity contribution is 7.92. The standard InChI is InChI=1S/C22H25N3O3S/c1-16-8-9-17(14-21(16)25-12-4-5-13-29(25,27)28)22(26)23-11-10-18-15-24-20-7-3-2-6-19(18)20/h2-3,6-9,14-15,24H,4-5,10-13H2,1H3,(H,23,26). The van der Waals surface area contributed by atoms with Crippen LogP contribution in [0.25, 0.3) is 10.9 Å². The van der Waals surface area contributed by atoms with E-state index in [1.807, 2.05) is 37.4 Å². The van der Waals surface area contributed by atoms with Crippen molar-refractivity contribution in [2.24, 2.45) is 0 Å². The third kappa shape index (κ3) is 4.00. The largest absolute Gasteiger partial charge is 0.361 e. The molecular formula is C22H25N3O3S. The summed E-state index contributed by atoms with van der Waals surface area (Å²) in [6.45, 7) is 2.85. The maximum atomic E-state index is 12.7. The first-order valence-electron chi connectivity index (χ1n) is 9.90. The molecule has 0 unspecified atom stereocenters. The average Bonchev–Trinajstić information content (AvgIpc) is 3.11. The zero-order valence-electron chi connectivity index (χ0n) is 16.4. The number of para-hydroxylation sites is 1. The molecule has 1 aliphatic rings. The van der Waals surface area contributed by atoms with Crippen molar-refractivity contribution < 1.29 is 13.2 Å². The molecule has 152 valence electrons. The Hall–Kier alpha value is -2.80. The number of hydrogen-bond acceptors (Lipinski definition) is 3. The van der Waals surface area contributed by atoms with Gasteiger partial charge in [-0.05, 0) is 55.5 Å². The molecule has 0 spiro atoms. The van der Waals surface area contributed by atoms with Gasteiger partial charge < -0.3 is 10.3 Å². The normalized spacial score (nSPS) is 16.1. The van der Waals surface area contributed by atoms with Gasteiger partial charge >= 0.3 is 0 Å². The number of nitrogens with one attached hydrogen (secondary N) is 2. The number of carbonyl (C=O) groups excluding carboxylic acids is 1. The number of nitrogens with zero attached hydrogens (tertiary/aromatic N) is 1. The summed E-state index contributed by atoms with van der Waals surface area (Å²) < 4.78 is 26.4. The summed E-state index contributed by atoms with van der Waals surface area (Å²) in [6.07, 6.45) is 4.21. The van der Waals surface area contributed by atoms with Gasteiger partial charge in [0.2, 0.25) is 10.0 Å². The minimum atomic E-state index is -3.31. The first-order valence-corrected chi connectivity index (χ1v) is 11.5. The van der Waals surface area contributed by atoms with Crippen molar-refractivity contribution in [3.05, 3.63) is 65.4 Å². The van der Waals surface area contributed by atoms with E-state index in [2.05, 4.69) is 16.4 Å². The van der Waals surface area contributed by atoms with Crippen LogP contribution in [0.4, 0.5) is 5.69 Å². The van der Waals surface area contributed by atoms with Gasteiger partial charge in [-0.1, -0.05) is 24.3 Å². The van der Waals surface area contributed by atoms with Crippen molar-refractivity contribution in [1.82, 2.24) is 10.3 Å². The van der Waals surface area contributed by atoms with Crippen LogP contribution >= 0.6 is 0 Å². The van der Waals surface area contributed by atoms with Crippen LogP contribution in [-0.4, -0.2) is 38.2 Å². The molecule has 1 saturated heterocycles. The van der Waals surface area contributed by atoms with Gasteiger partial charge in [0, 0.05) is 35.8 Å². The number of anilines is 1. The van der Waals surface area contributed by atoms with Crippen molar-refractivity contribution >= 4 is 32.5 Å². The lowest BCUT2D eigenvalue weighted by Gasteiger charge is -2.29. The number of rotatable bonds is 5. The van der Waals surface area contributed by atoms with Gasteiger partial charge in [-0.3, -0.25) is 9.10 Å². The molecule has 3 aromatic rings. The number of hydrogen-bond donors (Lipinski definition) is 2. The Morgan fingerprint density at radius 2 is 2.00 bits per heavy atom. The van der Waals surface area contributed by atoms with Crippen LogP contribution in [0.15, 0.2) is 48.7 Å². The summed E-state index contributed by atoms with van der Waals surface area (Å²) in [6, 6.07) is 13.3. The number of H-pyrrole nitrogens is 1. The molecule has 0 saturated carbocycles. The highest BCUT2D eigenvalue weighted by Crippen LogP contribution is 2.28. The monoisotopic (exact) mass is 411 g/mol. The summed E-state index contributed by atoms with van der Waals surface area (Å²) in [4.78, 5) is 15.9. The maximum absolute atomic E-state index is 12.7. The SMILES string of the molecule is Cc1ccc(C(=O)NCCc2c[nH]c3ccccc23)cc1N1CCCCS1(=O)=O. The molecular weight excluding hydrogens is 386 g/mol. The van der Waals surface area contributed by atoms with Gasteiger partial charge in [-0.15, -0.1) is 0 Å². The second kappa shape index (κ2) is 7.91. The molecule has 2 heterocycles. The zero-order valence-corrected chi connectivity index (χ0v) is 17.3. The van der Waals surface area contributed by atoms with Crippen LogP contribution < -0.4 is 9.62 Å². The van der Waals surface area contributed by atoms with Crippen molar-refractivity contribution in [2.75, 3.05) is 23.1 Å². The van der Waals surface area contributed by atoms with Gasteiger partial charge in [0.15, 0.2) is 0 Å². The molecule has 2 N–H and O–H groups in total. The molecule has 0 atom stereocenters. The predicted molar refractivity (Wildman–Crippen MR) is 116 cm³/mol. The van der Waals surface area contributed by atoms with Crippen LogP contribution in [0.3, 0.4) is 0 Å². The van der Waals surface area contributed by atoms with Crippen LogP contribution in [0.2, 0.25) is 0 Å². The Balaban J connectivity index is 1.46. The topological polar surface area (TPSA) is 82.3 Å². The third-order valence-electron chi connectivity index (χ3n) is 5.44. The number of fused-ring (bicyclic) bond motifs is 1. The summed E-state index contributed by atoms with van der Waals surface area (Å²) in [5.74, 6) is -0.0338. The third-order valence-corrected chi connectivity index (χ3v) is 7.30. The summed E-state index contributed by atoms with van der Waals surface area (Å²) in [7, 11) is -3.31. The molecule has 1 aromatic heterocycles. The molecule has 1 aliphatic heterocycles. The Kier molecular flexibility index (Phi) is 5.32. The smallest absolute Gasteiger partial charge is 0.251 e. The second-order valence-corrected chi connectivity index (χ2v) is 9.47. The molecule has 4 rings (SSSR count). The number of aryl methyl sites for hydroxylation is 1. The number of aromatic nitrogens is 1. The highest BCUT2D eigenvalue weighted by Gasteiger charge is 2.27. The molecule has 0 bridgehead atoms. The van der Waals surface area contributed by atoms with Gasteiger partial charge in [0.1, 0.15) is 0 Å². The first-order chi connectivity index (χ1) is 14.0. The minimum absolute atomic E-state index is 0.160. The number of benzene rings is 2. The van der Waals surface area contributed by atoms with E-state index in [9.17, 15) is 13.2 Å². The van der Waals surface area contributed by atoms with Gasteiger partial charge in [-0.25, -0.2) is 8.42 Å². The van der Waals surface area contributed by atoms with Gasteiger partial charge in [0.05, 0.1) is 11.4 Å². The molecule has 0 radical (unpaired) electrons. The van der Waals surface area contributed by atoms with Crippen LogP contribution in [0.5, 0.6) is 0 Å². The number of amides is 1. The van der Waals surface area contributed by atoms with Crippen molar-refractivity contribution in [3.63, 3.8) is 0 Å². The molecule has 1 amide bonds. The second-order valence-electron chi connectivity index (χ2n) is 7.46. The molecule has 6 nitrogen and oxygen atoms in total. The molecule has 7 heteroatoms. The first kappa shape index (κ1) is 19.5. The quantitative estimate of drug-likeness (QED) is 0.675. The van der Waals surface area contributed by atoms with E-state index in [4.69, 9.17) is 0 Å². The van der Waals surface area contributed by atoms with E-state index >= 15 is 0 Å².